The van der Waals surface area contributed by atoms with Crippen LogP contribution in [0.4, 0.5) is 4.39 Å². The molecule has 0 aliphatic heterocycles. The summed E-state index contributed by atoms with van der Waals surface area (Å²) in [5.74, 6) is -0.0469. The first-order chi connectivity index (χ1) is 7.95. The highest BCUT2D eigenvalue weighted by atomic mass is 32.2. The highest BCUT2D eigenvalue weighted by molar-refractivity contribution is 7.99. The van der Waals surface area contributed by atoms with Crippen molar-refractivity contribution in [2.45, 2.75) is 31.0 Å². The number of aryl methyl sites for hydroxylation is 1. The Morgan fingerprint density at radius 3 is 2.53 bits per heavy atom. The van der Waals surface area contributed by atoms with Crippen molar-refractivity contribution in [1.29, 1.82) is 0 Å². The fourth-order valence-corrected chi connectivity index (χ4v) is 2.49. The molecule has 0 aromatic heterocycles. The average molecular weight is 260 g/mol. The molecular formula is C12H17FO3S. The molecule has 0 bridgehead atoms. The molecule has 1 rings (SSSR count). The lowest BCUT2D eigenvalue weighted by Crippen LogP contribution is -2.14. The van der Waals surface area contributed by atoms with E-state index in [0.29, 0.717) is 16.9 Å². The van der Waals surface area contributed by atoms with Crippen LogP contribution < -0.4 is 0 Å². The molecule has 0 aliphatic rings. The molecule has 0 spiro atoms. The first-order valence-corrected chi connectivity index (χ1v) is 6.34. The van der Waals surface area contributed by atoms with Crippen molar-refractivity contribution in [2.24, 2.45) is 0 Å². The number of hydrogen-bond acceptors (Lipinski definition) is 4. The standard InChI is InChI=1S/C12H17FO3S/c1-7-3-12(17-6-9(16)5-14)10(8(2)15)4-11(7)13/h3-4,8-9,14-16H,5-6H2,1-2H3. The van der Waals surface area contributed by atoms with Gasteiger partial charge in [0, 0.05) is 10.6 Å². The molecule has 0 saturated heterocycles. The van der Waals surface area contributed by atoms with Gasteiger partial charge < -0.3 is 15.3 Å². The Hall–Kier alpha value is -0.620. The predicted octanol–water partition coefficient (Wildman–Crippen LogP) is 1.63. The highest BCUT2D eigenvalue weighted by Crippen LogP contribution is 2.30. The molecule has 2 unspecified atom stereocenters. The van der Waals surface area contributed by atoms with Gasteiger partial charge in [-0.3, -0.25) is 0 Å². The zero-order valence-corrected chi connectivity index (χ0v) is 10.7. The number of aliphatic hydroxyl groups is 3. The Kier molecular flexibility index (Phi) is 5.39. The monoisotopic (exact) mass is 260 g/mol. The minimum Gasteiger partial charge on any atom is -0.394 e. The van der Waals surface area contributed by atoms with Crippen molar-refractivity contribution in [1.82, 2.24) is 0 Å². The summed E-state index contributed by atoms with van der Waals surface area (Å²) < 4.78 is 13.4. The van der Waals surface area contributed by atoms with Crippen LogP contribution in [0.25, 0.3) is 0 Å². The number of halogens is 1. The van der Waals surface area contributed by atoms with E-state index in [1.807, 2.05) is 0 Å². The SMILES string of the molecule is Cc1cc(SCC(O)CO)c(C(C)O)cc1F. The zero-order chi connectivity index (χ0) is 13.0. The number of hydrogen-bond donors (Lipinski definition) is 3. The van der Waals surface area contributed by atoms with Crippen LogP contribution in [0.2, 0.25) is 0 Å². The maximum Gasteiger partial charge on any atom is 0.126 e. The van der Waals surface area contributed by atoms with Crippen LogP contribution in [-0.4, -0.2) is 33.8 Å². The molecule has 0 amide bonds. The van der Waals surface area contributed by atoms with E-state index in [1.54, 1.807) is 19.9 Å². The first kappa shape index (κ1) is 14.4. The molecular weight excluding hydrogens is 243 g/mol. The molecule has 5 heteroatoms. The third-order valence-corrected chi connectivity index (χ3v) is 3.60. The van der Waals surface area contributed by atoms with Crippen molar-refractivity contribution in [3.63, 3.8) is 0 Å². The lowest BCUT2D eigenvalue weighted by Gasteiger charge is -2.14. The van der Waals surface area contributed by atoms with Crippen LogP contribution in [-0.2, 0) is 0 Å². The van der Waals surface area contributed by atoms with E-state index in [4.69, 9.17) is 5.11 Å². The van der Waals surface area contributed by atoms with E-state index in [9.17, 15) is 14.6 Å². The Balaban J connectivity index is 2.92. The molecule has 0 saturated carbocycles. The van der Waals surface area contributed by atoms with E-state index in [-0.39, 0.29) is 12.4 Å². The van der Waals surface area contributed by atoms with Gasteiger partial charge in [0.2, 0.25) is 0 Å². The minimum atomic E-state index is -0.813. The van der Waals surface area contributed by atoms with E-state index >= 15 is 0 Å². The Morgan fingerprint density at radius 2 is 2.00 bits per heavy atom. The number of rotatable bonds is 5. The van der Waals surface area contributed by atoms with Gasteiger partial charge in [-0.15, -0.1) is 11.8 Å². The second-order valence-electron chi connectivity index (χ2n) is 3.96. The second kappa shape index (κ2) is 6.35. The van der Waals surface area contributed by atoms with Crippen LogP contribution in [0.15, 0.2) is 17.0 Å². The smallest absolute Gasteiger partial charge is 0.126 e. The van der Waals surface area contributed by atoms with Gasteiger partial charge in [-0.25, -0.2) is 4.39 Å². The minimum absolute atomic E-state index is 0.307. The van der Waals surface area contributed by atoms with Crippen molar-refractivity contribution >= 4 is 11.8 Å². The quantitative estimate of drug-likeness (QED) is 0.704. The largest absolute Gasteiger partial charge is 0.394 e. The van der Waals surface area contributed by atoms with Gasteiger partial charge in [0.1, 0.15) is 5.82 Å². The summed E-state index contributed by atoms with van der Waals surface area (Å²) in [6.45, 7) is 2.90. The molecule has 0 heterocycles. The summed E-state index contributed by atoms with van der Waals surface area (Å²) in [6, 6.07) is 2.96. The summed E-state index contributed by atoms with van der Waals surface area (Å²) in [5, 5.41) is 27.5. The maximum atomic E-state index is 13.4. The fraction of sp³-hybridized carbons (Fsp3) is 0.500. The van der Waals surface area contributed by atoms with Crippen molar-refractivity contribution < 1.29 is 19.7 Å². The van der Waals surface area contributed by atoms with Crippen LogP contribution >= 0.6 is 11.8 Å². The van der Waals surface area contributed by atoms with Crippen LogP contribution in [0.1, 0.15) is 24.2 Å². The van der Waals surface area contributed by atoms with Crippen molar-refractivity contribution in [3.05, 3.63) is 29.1 Å². The normalized spacial score (nSPS) is 14.7. The topological polar surface area (TPSA) is 60.7 Å². The van der Waals surface area contributed by atoms with Gasteiger partial charge in [0.05, 0.1) is 18.8 Å². The molecule has 0 radical (unpaired) electrons. The van der Waals surface area contributed by atoms with Crippen LogP contribution in [0.3, 0.4) is 0 Å². The van der Waals surface area contributed by atoms with E-state index < -0.39 is 12.2 Å². The number of benzene rings is 1. The van der Waals surface area contributed by atoms with Crippen molar-refractivity contribution in [3.8, 4) is 0 Å². The van der Waals surface area contributed by atoms with E-state index in [2.05, 4.69) is 0 Å². The number of aliphatic hydroxyl groups excluding tert-OH is 3. The molecule has 3 nitrogen and oxygen atoms in total. The predicted molar refractivity (Wildman–Crippen MR) is 65.6 cm³/mol. The Labute approximate surface area is 104 Å². The molecule has 2 atom stereocenters. The molecule has 1 aromatic rings. The highest BCUT2D eigenvalue weighted by Gasteiger charge is 2.13. The van der Waals surface area contributed by atoms with Gasteiger partial charge >= 0.3 is 0 Å². The molecule has 0 fully saturated rings. The van der Waals surface area contributed by atoms with Crippen molar-refractivity contribution in [2.75, 3.05) is 12.4 Å². The Morgan fingerprint density at radius 1 is 1.35 bits per heavy atom. The molecule has 96 valence electrons. The zero-order valence-electron chi connectivity index (χ0n) is 9.85. The lowest BCUT2D eigenvalue weighted by atomic mass is 10.1. The summed E-state index contributed by atoms with van der Waals surface area (Å²) in [6.07, 6.45) is -1.58. The lowest BCUT2D eigenvalue weighted by molar-refractivity contribution is 0.113. The van der Waals surface area contributed by atoms with Crippen LogP contribution in [0.5, 0.6) is 0 Å². The third-order valence-electron chi connectivity index (χ3n) is 2.38. The second-order valence-corrected chi connectivity index (χ2v) is 5.02. The van der Waals surface area contributed by atoms with Gasteiger partial charge in [0.15, 0.2) is 0 Å². The molecule has 3 N–H and O–H groups in total. The summed E-state index contributed by atoms with van der Waals surface area (Å²) >= 11 is 1.29. The molecule has 17 heavy (non-hydrogen) atoms. The summed E-state index contributed by atoms with van der Waals surface area (Å²) in [4.78, 5) is 0.728. The summed E-state index contributed by atoms with van der Waals surface area (Å²) in [7, 11) is 0. The Bertz CT molecular complexity index is 382. The van der Waals surface area contributed by atoms with Crippen LogP contribution in [0, 0.1) is 12.7 Å². The van der Waals surface area contributed by atoms with Gasteiger partial charge in [-0.1, -0.05) is 0 Å². The third kappa shape index (κ3) is 3.96. The molecule has 0 aliphatic carbocycles. The van der Waals surface area contributed by atoms with E-state index in [0.717, 1.165) is 4.90 Å². The fourth-order valence-electron chi connectivity index (χ4n) is 1.36. The van der Waals surface area contributed by atoms with Gasteiger partial charge in [0.25, 0.3) is 0 Å². The molecule has 1 aromatic carbocycles. The average Bonchev–Trinajstić information content (AvgIpc) is 2.29. The maximum absolute atomic E-state index is 13.4. The van der Waals surface area contributed by atoms with Gasteiger partial charge in [-0.05, 0) is 37.1 Å². The van der Waals surface area contributed by atoms with E-state index in [1.165, 1.54) is 17.8 Å². The van der Waals surface area contributed by atoms with Gasteiger partial charge in [-0.2, -0.15) is 0 Å². The summed E-state index contributed by atoms with van der Waals surface area (Å²) in [5.41, 5.74) is 0.999. The number of thioether (sulfide) groups is 1. The first-order valence-electron chi connectivity index (χ1n) is 5.35.